The third-order valence-electron chi connectivity index (χ3n) is 6.69. The normalized spacial score (nSPS) is 20.7. The van der Waals surface area contributed by atoms with E-state index in [1.165, 1.54) is 32.8 Å². The zero-order valence-electron chi connectivity index (χ0n) is 19.7. The fourth-order valence-corrected chi connectivity index (χ4v) is 6.13. The van der Waals surface area contributed by atoms with Gasteiger partial charge in [-0.05, 0) is 61.5 Å². The monoisotopic (exact) mass is 511 g/mol. The number of rotatable bonds is 7. The average molecular weight is 512 g/mol. The Hall–Kier alpha value is -3.11. The van der Waals surface area contributed by atoms with Crippen LogP contribution in [0.25, 0.3) is 0 Å². The van der Waals surface area contributed by atoms with Crippen LogP contribution in [0.1, 0.15) is 55.2 Å². The van der Waals surface area contributed by atoms with Gasteiger partial charge in [0.05, 0.1) is 30.8 Å². The molecule has 3 heterocycles. The molecule has 10 heteroatoms. The Morgan fingerprint density at radius 1 is 1.14 bits per heavy atom. The average Bonchev–Trinajstić information content (AvgIpc) is 3.58. The van der Waals surface area contributed by atoms with E-state index in [9.17, 15) is 8.42 Å². The van der Waals surface area contributed by atoms with E-state index in [1.807, 2.05) is 30.3 Å². The molecule has 1 saturated carbocycles. The van der Waals surface area contributed by atoms with Crippen molar-refractivity contribution in [3.63, 3.8) is 0 Å². The van der Waals surface area contributed by atoms with Crippen molar-refractivity contribution in [3.8, 4) is 5.75 Å². The molecule has 0 unspecified atom stereocenters. The molecule has 2 atom stereocenters. The number of pyridine rings is 1. The predicted molar refractivity (Wildman–Crippen MR) is 141 cm³/mol. The molecule has 2 N–H and O–H groups in total. The fourth-order valence-electron chi connectivity index (χ4n) is 5.22. The van der Waals surface area contributed by atoms with Crippen LogP contribution in [0.3, 0.4) is 0 Å². The number of benzene rings is 1. The Balaban J connectivity index is 1.61. The topological polar surface area (TPSA) is 88.5 Å². The first-order valence-corrected chi connectivity index (χ1v) is 14.0. The van der Waals surface area contributed by atoms with Gasteiger partial charge in [0.15, 0.2) is 5.11 Å². The van der Waals surface area contributed by atoms with Crippen molar-refractivity contribution in [2.75, 3.05) is 23.0 Å². The van der Waals surface area contributed by atoms with Gasteiger partial charge in [-0.1, -0.05) is 18.9 Å². The van der Waals surface area contributed by atoms with E-state index in [-0.39, 0.29) is 12.1 Å². The summed E-state index contributed by atoms with van der Waals surface area (Å²) >= 11 is 5.85. The number of methoxy groups -OCH3 is 1. The van der Waals surface area contributed by atoms with Crippen molar-refractivity contribution in [2.45, 2.75) is 43.8 Å². The van der Waals surface area contributed by atoms with Crippen LogP contribution < -0.4 is 19.7 Å². The van der Waals surface area contributed by atoms with Crippen molar-refractivity contribution < 1.29 is 13.2 Å². The Labute approximate surface area is 211 Å². The lowest BCUT2D eigenvalue weighted by Gasteiger charge is -2.30. The molecule has 2 aliphatic rings. The number of sulfonamides is 1. The van der Waals surface area contributed by atoms with Gasteiger partial charge in [0.25, 0.3) is 0 Å². The SMILES string of the molecule is COc1cc(N2C(=S)N[C@@H](c3ccccn3)[C@@H]2c2cccn2C2CCCC2)ccc1NS(C)(=O)=O. The lowest BCUT2D eigenvalue weighted by Crippen LogP contribution is -2.30. The lowest BCUT2D eigenvalue weighted by molar-refractivity contribution is 0.416. The molecule has 2 aromatic heterocycles. The van der Waals surface area contributed by atoms with Gasteiger partial charge in [0.2, 0.25) is 10.0 Å². The predicted octanol–water partition coefficient (Wildman–Crippen LogP) is 4.56. The number of aromatic nitrogens is 2. The molecule has 2 fully saturated rings. The standard InChI is InChI=1S/C25H29N5O3S2/c1-33-22-16-18(12-13-19(22)28-35(2,31)32)30-24(21-11-7-15-29(21)17-8-3-4-9-17)23(27-25(30)34)20-10-5-6-14-26-20/h5-7,10-17,23-24,28H,3-4,8-9H2,1-2H3,(H,27,34)/t23-,24-/m0/s1. The second kappa shape index (κ2) is 9.50. The molecule has 1 aliphatic heterocycles. The summed E-state index contributed by atoms with van der Waals surface area (Å²) in [5, 5.41) is 4.07. The lowest BCUT2D eigenvalue weighted by atomic mass is 10.00. The maximum atomic E-state index is 11.8. The molecule has 8 nitrogen and oxygen atoms in total. The van der Waals surface area contributed by atoms with Gasteiger partial charge in [-0.2, -0.15) is 0 Å². The van der Waals surface area contributed by atoms with E-state index in [2.05, 4.69) is 42.8 Å². The minimum Gasteiger partial charge on any atom is -0.494 e. The summed E-state index contributed by atoms with van der Waals surface area (Å²) in [6, 6.07) is 15.7. The fraction of sp³-hybridized carbons (Fsp3) is 0.360. The quantitative estimate of drug-likeness (QED) is 0.450. The Morgan fingerprint density at radius 2 is 1.94 bits per heavy atom. The number of anilines is 2. The molecule has 3 aromatic rings. The van der Waals surface area contributed by atoms with Gasteiger partial charge in [-0.15, -0.1) is 0 Å². The van der Waals surface area contributed by atoms with Crippen molar-refractivity contribution in [3.05, 3.63) is 72.3 Å². The van der Waals surface area contributed by atoms with Crippen LogP contribution in [0, 0.1) is 0 Å². The van der Waals surface area contributed by atoms with Crippen LogP contribution >= 0.6 is 12.2 Å². The summed E-state index contributed by atoms with van der Waals surface area (Å²) in [6.45, 7) is 0. The molecule has 0 radical (unpaired) electrons. The number of ether oxygens (including phenoxy) is 1. The summed E-state index contributed by atoms with van der Waals surface area (Å²) in [5.74, 6) is 0.418. The van der Waals surface area contributed by atoms with Crippen molar-refractivity contribution in [1.29, 1.82) is 0 Å². The molecular weight excluding hydrogens is 482 g/mol. The van der Waals surface area contributed by atoms with Crippen molar-refractivity contribution >= 4 is 38.7 Å². The van der Waals surface area contributed by atoms with Crippen LogP contribution in [-0.4, -0.2) is 36.4 Å². The second-order valence-electron chi connectivity index (χ2n) is 9.03. The van der Waals surface area contributed by atoms with Gasteiger partial charge in [-0.25, -0.2) is 8.42 Å². The number of hydrogen-bond donors (Lipinski definition) is 2. The maximum absolute atomic E-state index is 11.8. The summed E-state index contributed by atoms with van der Waals surface area (Å²) in [5.41, 5.74) is 3.26. The maximum Gasteiger partial charge on any atom is 0.229 e. The first kappa shape index (κ1) is 23.6. The molecule has 1 aliphatic carbocycles. The highest BCUT2D eigenvalue weighted by Crippen LogP contribution is 2.45. The van der Waals surface area contributed by atoms with Crippen LogP contribution in [0.15, 0.2) is 60.9 Å². The van der Waals surface area contributed by atoms with E-state index in [0.29, 0.717) is 22.6 Å². The molecule has 0 amide bonds. The number of nitrogens with one attached hydrogen (secondary N) is 2. The van der Waals surface area contributed by atoms with Gasteiger partial charge in [0, 0.05) is 35.9 Å². The Morgan fingerprint density at radius 3 is 2.63 bits per heavy atom. The molecule has 1 aromatic carbocycles. The van der Waals surface area contributed by atoms with Crippen LogP contribution in [0.5, 0.6) is 5.75 Å². The molecular formula is C25H29N5O3S2. The Bertz CT molecular complexity index is 1320. The van der Waals surface area contributed by atoms with Gasteiger partial charge < -0.3 is 19.5 Å². The van der Waals surface area contributed by atoms with Gasteiger partial charge in [0.1, 0.15) is 11.8 Å². The van der Waals surface area contributed by atoms with Crippen molar-refractivity contribution in [1.82, 2.24) is 14.9 Å². The van der Waals surface area contributed by atoms with E-state index >= 15 is 0 Å². The largest absolute Gasteiger partial charge is 0.494 e. The van der Waals surface area contributed by atoms with E-state index in [1.54, 1.807) is 12.3 Å². The third-order valence-corrected chi connectivity index (χ3v) is 7.59. The molecule has 0 bridgehead atoms. The third kappa shape index (κ3) is 4.72. The van der Waals surface area contributed by atoms with E-state index in [0.717, 1.165) is 23.3 Å². The molecule has 1 saturated heterocycles. The van der Waals surface area contributed by atoms with E-state index < -0.39 is 10.0 Å². The zero-order chi connectivity index (χ0) is 24.6. The number of nitrogens with zero attached hydrogens (tertiary/aromatic N) is 3. The van der Waals surface area contributed by atoms with Crippen LogP contribution in [0.2, 0.25) is 0 Å². The summed E-state index contributed by atoms with van der Waals surface area (Å²) in [6.07, 6.45) is 9.89. The summed E-state index contributed by atoms with van der Waals surface area (Å²) in [7, 11) is -1.93. The van der Waals surface area contributed by atoms with Crippen LogP contribution in [-0.2, 0) is 10.0 Å². The summed E-state index contributed by atoms with van der Waals surface area (Å²) < 4.78 is 34.1. The molecule has 184 valence electrons. The summed E-state index contributed by atoms with van der Waals surface area (Å²) in [4.78, 5) is 6.72. The second-order valence-corrected chi connectivity index (χ2v) is 11.2. The molecule has 0 spiro atoms. The highest BCUT2D eigenvalue weighted by atomic mass is 32.2. The minimum atomic E-state index is -3.45. The van der Waals surface area contributed by atoms with Crippen molar-refractivity contribution in [2.24, 2.45) is 0 Å². The molecule has 35 heavy (non-hydrogen) atoms. The van der Waals surface area contributed by atoms with Gasteiger partial charge in [-0.3, -0.25) is 9.71 Å². The highest BCUT2D eigenvalue weighted by molar-refractivity contribution is 7.92. The minimum absolute atomic E-state index is 0.147. The Kier molecular flexibility index (Phi) is 6.41. The number of hydrogen-bond acceptors (Lipinski definition) is 5. The first-order valence-electron chi connectivity index (χ1n) is 11.7. The first-order chi connectivity index (χ1) is 16.9. The van der Waals surface area contributed by atoms with Gasteiger partial charge >= 0.3 is 0 Å². The smallest absolute Gasteiger partial charge is 0.229 e. The van der Waals surface area contributed by atoms with Crippen LogP contribution in [0.4, 0.5) is 11.4 Å². The number of thiocarbonyl (C=S) groups is 1. The highest BCUT2D eigenvalue weighted by Gasteiger charge is 2.42. The van der Waals surface area contributed by atoms with E-state index in [4.69, 9.17) is 17.0 Å². The molecule has 5 rings (SSSR count). The zero-order valence-corrected chi connectivity index (χ0v) is 21.3.